The molecule has 104 valence electrons. The van der Waals surface area contributed by atoms with Crippen molar-refractivity contribution in [2.24, 2.45) is 5.73 Å². The Labute approximate surface area is 114 Å². The van der Waals surface area contributed by atoms with E-state index in [1.54, 1.807) is 0 Å². The van der Waals surface area contributed by atoms with Gasteiger partial charge in [-0.3, -0.25) is 10.7 Å². The van der Waals surface area contributed by atoms with Crippen molar-refractivity contribution in [3.05, 3.63) is 28.8 Å². The predicted molar refractivity (Wildman–Crippen MR) is 78.6 cm³/mol. The Kier molecular flexibility index (Phi) is 5.36. The number of urea groups is 1. The fourth-order valence-corrected chi connectivity index (χ4v) is 2.03. The van der Waals surface area contributed by atoms with E-state index in [1.807, 2.05) is 0 Å². The lowest BCUT2D eigenvalue weighted by Gasteiger charge is -2.16. The highest BCUT2D eigenvalue weighted by atomic mass is 16.2. The van der Waals surface area contributed by atoms with Crippen LogP contribution in [0.15, 0.2) is 12.1 Å². The molecule has 0 atom stereocenters. The summed E-state index contributed by atoms with van der Waals surface area (Å²) in [6, 6.07) is 3.76. The van der Waals surface area contributed by atoms with Crippen molar-refractivity contribution in [1.82, 2.24) is 5.32 Å². The zero-order valence-electron chi connectivity index (χ0n) is 11.8. The van der Waals surface area contributed by atoms with Gasteiger partial charge in [-0.1, -0.05) is 32.9 Å². The maximum Gasteiger partial charge on any atom is 0.325 e. The highest BCUT2D eigenvalue weighted by molar-refractivity contribution is 6.01. The average molecular weight is 262 g/mol. The molecular formula is C14H22N4O. The molecule has 0 heterocycles. The largest absolute Gasteiger partial charge is 0.370 e. The topological polar surface area (TPSA) is 91.0 Å². The third kappa shape index (κ3) is 3.98. The van der Waals surface area contributed by atoms with Gasteiger partial charge in [0.15, 0.2) is 5.96 Å². The molecule has 0 aliphatic heterocycles. The van der Waals surface area contributed by atoms with Gasteiger partial charge in [0, 0.05) is 5.69 Å². The lowest BCUT2D eigenvalue weighted by Crippen LogP contribution is -2.39. The van der Waals surface area contributed by atoms with E-state index in [9.17, 15) is 4.79 Å². The summed E-state index contributed by atoms with van der Waals surface area (Å²) in [7, 11) is 0. The van der Waals surface area contributed by atoms with Crippen LogP contribution in [0.1, 0.15) is 37.5 Å². The van der Waals surface area contributed by atoms with Crippen LogP contribution in [0, 0.1) is 5.41 Å². The third-order valence-corrected chi connectivity index (χ3v) is 3.02. The molecule has 19 heavy (non-hydrogen) atoms. The Morgan fingerprint density at radius 3 is 2.05 bits per heavy atom. The molecule has 0 aliphatic rings. The molecule has 5 heteroatoms. The second kappa shape index (κ2) is 6.78. The highest BCUT2D eigenvalue weighted by Crippen LogP contribution is 2.25. The van der Waals surface area contributed by atoms with Gasteiger partial charge >= 0.3 is 6.03 Å². The minimum atomic E-state index is -0.471. The molecule has 0 spiro atoms. The van der Waals surface area contributed by atoms with Crippen molar-refractivity contribution < 1.29 is 4.79 Å². The molecule has 0 fully saturated rings. The fraction of sp³-hybridized carbons (Fsp3) is 0.429. The Morgan fingerprint density at radius 2 is 1.68 bits per heavy atom. The van der Waals surface area contributed by atoms with E-state index in [-0.39, 0.29) is 5.96 Å². The van der Waals surface area contributed by atoms with Gasteiger partial charge < -0.3 is 11.1 Å². The molecule has 5 N–H and O–H groups in total. The molecular weight excluding hydrogens is 240 g/mol. The number of nitrogens with two attached hydrogens (primary N) is 1. The number of aryl methyl sites for hydroxylation is 3. The lowest BCUT2D eigenvalue weighted by molar-refractivity contribution is 0.256. The van der Waals surface area contributed by atoms with E-state index in [1.165, 1.54) is 5.56 Å². The fourth-order valence-electron chi connectivity index (χ4n) is 2.03. The van der Waals surface area contributed by atoms with Crippen LogP contribution in [0.3, 0.4) is 0 Å². The summed E-state index contributed by atoms with van der Waals surface area (Å²) in [5, 5.41) is 12.1. The van der Waals surface area contributed by atoms with Crippen LogP contribution in [0.2, 0.25) is 0 Å². The first kappa shape index (κ1) is 15.0. The van der Waals surface area contributed by atoms with E-state index in [2.05, 4.69) is 43.5 Å². The number of benzene rings is 1. The van der Waals surface area contributed by atoms with Gasteiger partial charge in [-0.25, -0.2) is 4.79 Å². The molecule has 1 aromatic rings. The van der Waals surface area contributed by atoms with Crippen LogP contribution in [0.25, 0.3) is 0 Å². The number of nitrogens with one attached hydrogen (secondary N) is 3. The molecule has 1 rings (SSSR count). The van der Waals surface area contributed by atoms with Crippen LogP contribution in [0.5, 0.6) is 0 Å². The van der Waals surface area contributed by atoms with E-state index in [0.717, 1.165) is 36.1 Å². The first-order valence-electron chi connectivity index (χ1n) is 6.58. The molecule has 0 radical (unpaired) electrons. The monoisotopic (exact) mass is 262 g/mol. The summed E-state index contributed by atoms with van der Waals surface area (Å²) in [4.78, 5) is 11.7. The Bertz CT molecular complexity index is 457. The van der Waals surface area contributed by atoms with Gasteiger partial charge in [0.1, 0.15) is 0 Å². The number of amides is 2. The van der Waals surface area contributed by atoms with Gasteiger partial charge in [0.2, 0.25) is 0 Å². The van der Waals surface area contributed by atoms with Crippen molar-refractivity contribution in [1.29, 1.82) is 5.41 Å². The molecule has 2 amide bonds. The molecule has 0 aromatic heterocycles. The summed E-state index contributed by atoms with van der Waals surface area (Å²) in [6.45, 7) is 6.23. The lowest BCUT2D eigenvalue weighted by atomic mass is 9.98. The second-order valence-electron chi connectivity index (χ2n) is 4.34. The van der Waals surface area contributed by atoms with Crippen LogP contribution < -0.4 is 16.4 Å². The maximum absolute atomic E-state index is 11.7. The molecule has 1 aromatic carbocycles. The number of hydrogen-bond donors (Lipinski definition) is 4. The maximum atomic E-state index is 11.7. The van der Waals surface area contributed by atoms with E-state index < -0.39 is 6.03 Å². The summed E-state index contributed by atoms with van der Waals surface area (Å²) in [5.41, 5.74) is 9.46. The standard InChI is InChI=1S/C14H22N4O/c1-4-9-7-10(5-2)12(11(6-3)8-9)17-14(19)18-13(15)16/h7-8H,4-6H2,1-3H3,(H5,15,16,17,18,19). The minimum absolute atomic E-state index is 0.362. The number of rotatable bonds is 4. The molecule has 0 unspecified atom stereocenters. The van der Waals surface area contributed by atoms with Gasteiger partial charge in [-0.2, -0.15) is 0 Å². The van der Waals surface area contributed by atoms with Crippen LogP contribution in [0.4, 0.5) is 10.5 Å². The zero-order valence-corrected chi connectivity index (χ0v) is 11.8. The van der Waals surface area contributed by atoms with Crippen LogP contribution in [-0.4, -0.2) is 12.0 Å². The van der Waals surface area contributed by atoms with Crippen molar-refractivity contribution in [3.63, 3.8) is 0 Å². The molecule has 5 nitrogen and oxygen atoms in total. The van der Waals surface area contributed by atoms with Gasteiger partial charge in [-0.05, 0) is 36.0 Å². The second-order valence-corrected chi connectivity index (χ2v) is 4.34. The first-order valence-corrected chi connectivity index (χ1v) is 6.58. The number of carbonyl (C=O) groups excluding carboxylic acids is 1. The Balaban J connectivity index is 3.10. The van der Waals surface area contributed by atoms with Crippen LogP contribution in [-0.2, 0) is 19.3 Å². The van der Waals surface area contributed by atoms with Crippen molar-refractivity contribution in [2.45, 2.75) is 40.0 Å². The van der Waals surface area contributed by atoms with Crippen molar-refractivity contribution in [3.8, 4) is 0 Å². The quantitative estimate of drug-likeness (QED) is 0.495. The smallest absolute Gasteiger partial charge is 0.325 e. The average Bonchev–Trinajstić information content (AvgIpc) is 2.37. The number of hydrogen-bond acceptors (Lipinski definition) is 2. The van der Waals surface area contributed by atoms with E-state index in [4.69, 9.17) is 11.1 Å². The SMILES string of the molecule is CCc1cc(CC)c(NC(=O)NC(=N)N)c(CC)c1. The number of guanidine groups is 1. The van der Waals surface area contributed by atoms with Crippen molar-refractivity contribution in [2.75, 3.05) is 5.32 Å². The van der Waals surface area contributed by atoms with Gasteiger partial charge in [0.25, 0.3) is 0 Å². The first-order chi connectivity index (χ1) is 9.01. The summed E-state index contributed by atoms with van der Waals surface area (Å²) in [5.74, 6) is -0.362. The zero-order chi connectivity index (χ0) is 14.4. The number of carbonyl (C=O) groups is 1. The van der Waals surface area contributed by atoms with Gasteiger partial charge in [0.05, 0.1) is 0 Å². The molecule has 0 aliphatic carbocycles. The van der Waals surface area contributed by atoms with E-state index >= 15 is 0 Å². The summed E-state index contributed by atoms with van der Waals surface area (Å²) < 4.78 is 0. The minimum Gasteiger partial charge on any atom is -0.370 e. The molecule has 0 saturated carbocycles. The summed E-state index contributed by atoms with van der Waals surface area (Å²) >= 11 is 0. The Hall–Kier alpha value is -2.04. The molecule has 0 bridgehead atoms. The number of anilines is 1. The Morgan fingerprint density at radius 1 is 1.16 bits per heavy atom. The van der Waals surface area contributed by atoms with Gasteiger partial charge in [-0.15, -0.1) is 0 Å². The van der Waals surface area contributed by atoms with Crippen molar-refractivity contribution >= 4 is 17.7 Å². The van der Waals surface area contributed by atoms with Crippen LogP contribution >= 0.6 is 0 Å². The predicted octanol–water partition coefficient (Wildman–Crippen LogP) is 2.39. The third-order valence-electron chi connectivity index (χ3n) is 3.02. The summed E-state index contributed by atoms with van der Waals surface area (Å²) in [6.07, 6.45) is 2.66. The highest BCUT2D eigenvalue weighted by Gasteiger charge is 2.11. The molecule has 0 saturated heterocycles. The normalized spacial score (nSPS) is 10.1. The van der Waals surface area contributed by atoms with E-state index in [0.29, 0.717) is 0 Å².